The smallest absolute Gasteiger partial charge is 0.240 e. The number of likely N-dealkylation sites (N-methyl/N-ethyl adjacent to an activating group) is 2. The summed E-state index contributed by atoms with van der Waals surface area (Å²) >= 11 is 0. The third-order valence-electron chi connectivity index (χ3n) is 7.27. The van der Waals surface area contributed by atoms with Crippen LogP contribution in [0.4, 0.5) is 0 Å². The Bertz CT molecular complexity index is 627. The molecule has 31 heavy (non-hydrogen) atoms. The molecule has 3 heterocycles. The van der Waals surface area contributed by atoms with E-state index in [1.165, 1.54) is 0 Å². The van der Waals surface area contributed by atoms with Crippen LogP contribution in [0.5, 0.6) is 0 Å². The maximum atomic E-state index is 13.1. The molecule has 3 saturated heterocycles. The van der Waals surface area contributed by atoms with Crippen molar-refractivity contribution >= 4 is 11.8 Å². The van der Waals surface area contributed by atoms with Gasteiger partial charge in [-0.1, -0.05) is 6.92 Å². The van der Waals surface area contributed by atoms with Crippen LogP contribution in [0.25, 0.3) is 0 Å². The molecular formula is C23H42N4O4. The normalized spacial score (nSPS) is 27.3. The number of hydrogen-bond acceptors (Lipinski definition) is 6. The van der Waals surface area contributed by atoms with Crippen LogP contribution in [0.1, 0.15) is 47.0 Å². The molecule has 3 aliphatic heterocycles. The molecular weight excluding hydrogens is 396 g/mol. The summed E-state index contributed by atoms with van der Waals surface area (Å²) in [5, 5.41) is 0. The van der Waals surface area contributed by atoms with Gasteiger partial charge in [-0.25, -0.2) is 0 Å². The minimum Gasteiger partial charge on any atom is -0.380 e. The monoisotopic (exact) mass is 438 g/mol. The topological polar surface area (TPSA) is 65.6 Å². The van der Waals surface area contributed by atoms with Gasteiger partial charge in [0.25, 0.3) is 0 Å². The summed E-state index contributed by atoms with van der Waals surface area (Å²) in [6.45, 7) is 15.1. The molecule has 0 bridgehead atoms. The number of likely N-dealkylation sites (tertiary alicyclic amines) is 2. The van der Waals surface area contributed by atoms with E-state index in [9.17, 15) is 9.59 Å². The van der Waals surface area contributed by atoms with Gasteiger partial charge in [-0.3, -0.25) is 19.4 Å². The molecule has 0 aromatic heterocycles. The quantitative estimate of drug-likeness (QED) is 0.475. The molecule has 178 valence electrons. The van der Waals surface area contributed by atoms with E-state index in [1.54, 1.807) is 4.90 Å². The van der Waals surface area contributed by atoms with E-state index in [-0.39, 0.29) is 29.4 Å². The number of rotatable bonds is 10. The Morgan fingerprint density at radius 1 is 1.16 bits per heavy atom. The van der Waals surface area contributed by atoms with Gasteiger partial charge < -0.3 is 19.3 Å². The van der Waals surface area contributed by atoms with Gasteiger partial charge in [0, 0.05) is 45.9 Å². The Kier molecular flexibility index (Phi) is 8.35. The Morgan fingerprint density at radius 3 is 2.48 bits per heavy atom. The molecule has 8 heteroatoms. The molecule has 8 nitrogen and oxygen atoms in total. The van der Waals surface area contributed by atoms with Gasteiger partial charge in [0.15, 0.2) is 0 Å². The lowest BCUT2D eigenvalue weighted by Crippen LogP contribution is -2.65. The zero-order valence-electron chi connectivity index (χ0n) is 20.1. The number of morpholine rings is 1. The average Bonchev–Trinajstić information content (AvgIpc) is 2.65. The number of carbonyl (C=O) groups excluding carboxylic acids is 2. The van der Waals surface area contributed by atoms with Crippen molar-refractivity contribution in [2.75, 3.05) is 66.2 Å². The highest BCUT2D eigenvalue weighted by Crippen LogP contribution is 2.28. The van der Waals surface area contributed by atoms with Gasteiger partial charge in [-0.15, -0.1) is 0 Å². The number of nitrogens with zero attached hydrogens (tertiary/aromatic N) is 4. The van der Waals surface area contributed by atoms with Gasteiger partial charge in [0.2, 0.25) is 11.8 Å². The highest BCUT2D eigenvalue weighted by Gasteiger charge is 2.43. The fourth-order valence-corrected chi connectivity index (χ4v) is 4.83. The van der Waals surface area contributed by atoms with Crippen molar-refractivity contribution in [2.24, 2.45) is 0 Å². The van der Waals surface area contributed by atoms with Crippen molar-refractivity contribution in [3.8, 4) is 0 Å². The molecule has 3 rings (SSSR count). The summed E-state index contributed by atoms with van der Waals surface area (Å²) < 4.78 is 11.4. The van der Waals surface area contributed by atoms with Crippen LogP contribution in [0.2, 0.25) is 0 Å². The predicted molar refractivity (Wildman–Crippen MR) is 120 cm³/mol. The van der Waals surface area contributed by atoms with E-state index in [2.05, 4.69) is 37.5 Å². The van der Waals surface area contributed by atoms with Crippen LogP contribution in [-0.2, 0) is 19.1 Å². The molecule has 0 aromatic carbocycles. The average molecular weight is 439 g/mol. The Hall–Kier alpha value is -1.22. The Labute approximate surface area is 187 Å². The lowest BCUT2D eigenvalue weighted by atomic mass is 9.94. The molecule has 2 amide bonds. The van der Waals surface area contributed by atoms with Gasteiger partial charge in [-0.05, 0) is 46.6 Å². The van der Waals surface area contributed by atoms with Gasteiger partial charge in [0.1, 0.15) is 0 Å². The van der Waals surface area contributed by atoms with Crippen molar-refractivity contribution in [3.05, 3.63) is 0 Å². The molecule has 0 N–H and O–H groups in total. The first kappa shape index (κ1) is 24.4. The fraction of sp³-hybridized carbons (Fsp3) is 0.913. The minimum absolute atomic E-state index is 0.0138. The second-order valence-electron chi connectivity index (χ2n) is 9.84. The fourth-order valence-electron chi connectivity index (χ4n) is 4.83. The van der Waals surface area contributed by atoms with E-state index >= 15 is 0 Å². The zero-order valence-corrected chi connectivity index (χ0v) is 20.1. The van der Waals surface area contributed by atoms with Gasteiger partial charge >= 0.3 is 0 Å². The minimum atomic E-state index is -0.236. The van der Waals surface area contributed by atoms with Crippen molar-refractivity contribution in [1.29, 1.82) is 0 Å². The summed E-state index contributed by atoms with van der Waals surface area (Å²) in [6, 6.07) is 0.353. The van der Waals surface area contributed by atoms with E-state index in [1.807, 2.05) is 11.9 Å². The molecule has 0 aliphatic carbocycles. The maximum absolute atomic E-state index is 13.1. The highest BCUT2D eigenvalue weighted by atomic mass is 16.5. The van der Waals surface area contributed by atoms with E-state index in [0.717, 1.165) is 38.9 Å². The Balaban J connectivity index is 1.34. The van der Waals surface area contributed by atoms with Crippen molar-refractivity contribution in [3.63, 3.8) is 0 Å². The number of hydrogen-bond donors (Lipinski definition) is 0. The van der Waals surface area contributed by atoms with Gasteiger partial charge in [-0.2, -0.15) is 0 Å². The van der Waals surface area contributed by atoms with Crippen LogP contribution < -0.4 is 0 Å². The Morgan fingerprint density at radius 2 is 1.90 bits per heavy atom. The summed E-state index contributed by atoms with van der Waals surface area (Å²) in [5.74, 6) is 0.447. The molecule has 0 spiro atoms. The summed E-state index contributed by atoms with van der Waals surface area (Å²) in [4.78, 5) is 33.9. The third kappa shape index (κ3) is 5.59. The standard InChI is InChI=1S/C23H42N4O4/c1-6-25-10-7-19(25)21(28)24(5)12-15-30-14-9-18(2)26-11-8-20(26)22(29)27-13-16-31-17-23(27,3)4/h18-20H,6-17H2,1-5H3/t18?,19-,20-/m0/s1. The lowest BCUT2D eigenvalue weighted by molar-refractivity contribution is -0.158. The largest absolute Gasteiger partial charge is 0.380 e. The van der Waals surface area contributed by atoms with Crippen LogP contribution in [0, 0.1) is 0 Å². The van der Waals surface area contributed by atoms with Crippen LogP contribution in [-0.4, -0.2) is 121 Å². The van der Waals surface area contributed by atoms with E-state index in [0.29, 0.717) is 45.6 Å². The molecule has 3 aliphatic rings. The first-order chi connectivity index (χ1) is 14.8. The summed E-state index contributed by atoms with van der Waals surface area (Å²) in [5.41, 5.74) is -0.236. The lowest BCUT2D eigenvalue weighted by Gasteiger charge is -2.50. The summed E-state index contributed by atoms with van der Waals surface area (Å²) in [6.07, 6.45) is 2.78. The molecule has 0 aromatic rings. The predicted octanol–water partition coefficient (Wildman–Crippen LogP) is 1.05. The molecule has 3 fully saturated rings. The van der Waals surface area contributed by atoms with Crippen molar-refractivity contribution in [2.45, 2.75) is 70.6 Å². The molecule has 0 saturated carbocycles. The van der Waals surface area contributed by atoms with Crippen LogP contribution >= 0.6 is 0 Å². The third-order valence-corrected chi connectivity index (χ3v) is 7.27. The highest BCUT2D eigenvalue weighted by molar-refractivity contribution is 5.83. The first-order valence-electron chi connectivity index (χ1n) is 12.0. The van der Waals surface area contributed by atoms with Crippen LogP contribution in [0.15, 0.2) is 0 Å². The van der Waals surface area contributed by atoms with E-state index < -0.39 is 0 Å². The number of ether oxygens (including phenoxy) is 2. The van der Waals surface area contributed by atoms with Crippen molar-refractivity contribution in [1.82, 2.24) is 19.6 Å². The number of carbonyl (C=O) groups is 2. The SMILES string of the molecule is CCN1CC[C@H]1C(=O)N(C)CCOCCC(C)N1CC[C@H]1C(=O)N1CCOCC1(C)C. The molecule has 0 radical (unpaired) electrons. The summed E-state index contributed by atoms with van der Waals surface area (Å²) in [7, 11) is 1.86. The zero-order chi connectivity index (χ0) is 22.6. The maximum Gasteiger partial charge on any atom is 0.240 e. The second-order valence-corrected chi connectivity index (χ2v) is 9.84. The second kappa shape index (κ2) is 10.6. The molecule has 3 atom stereocenters. The number of amides is 2. The van der Waals surface area contributed by atoms with Crippen LogP contribution in [0.3, 0.4) is 0 Å². The van der Waals surface area contributed by atoms with Gasteiger partial charge in [0.05, 0.1) is 37.4 Å². The molecule has 1 unspecified atom stereocenters. The van der Waals surface area contributed by atoms with E-state index in [4.69, 9.17) is 9.47 Å². The van der Waals surface area contributed by atoms with Crippen molar-refractivity contribution < 1.29 is 19.1 Å². The first-order valence-corrected chi connectivity index (χ1v) is 12.0.